The van der Waals surface area contributed by atoms with E-state index in [9.17, 15) is 18.0 Å². The van der Waals surface area contributed by atoms with Crippen molar-refractivity contribution in [3.8, 4) is 5.75 Å². The zero-order valence-corrected chi connectivity index (χ0v) is 14.7. The second-order valence-corrected chi connectivity index (χ2v) is 7.01. The van der Waals surface area contributed by atoms with Crippen molar-refractivity contribution < 1.29 is 22.7 Å². The van der Waals surface area contributed by atoms with E-state index in [1.807, 2.05) is 0 Å². The Morgan fingerprint density at radius 1 is 1.22 bits per heavy atom. The number of halogens is 3. The van der Waals surface area contributed by atoms with Crippen LogP contribution in [0.25, 0.3) is 0 Å². The van der Waals surface area contributed by atoms with Crippen LogP contribution in [0.4, 0.5) is 13.2 Å². The van der Waals surface area contributed by atoms with Crippen LogP contribution in [0.2, 0.25) is 0 Å². The first-order valence-electron chi connectivity index (χ1n) is 9.08. The number of nitrogens with zero attached hydrogens (tertiary/aromatic N) is 3. The molecule has 1 aliphatic carbocycles. The molecule has 2 aliphatic rings. The van der Waals surface area contributed by atoms with Gasteiger partial charge in [0.05, 0.1) is 12.6 Å². The van der Waals surface area contributed by atoms with Gasteiger partial charge in [0.2, 0.25) is 0 Å². The summed E-state index contributed by atoms with van der Waals surface area (Å²) < 4.78 is 48.8. The molecule has 1 aromatic carbocycles. The van der Waals surface area contributed by atoms with Gasteiger partial charge in [-0.15, -0.1) is 0 Å². The summed E-state index contributed by atoms with van der Waals surface area (Å²) >= 11 is 0. The molecule has 8 heteroatoms. The van der Waals surface area contributed by atoms with Crippen LogP contribution in [0.1, 0.15) is 41.9 Å². The zero-order chi connectivity index (χ0) is 19.0. The second kappa shape index (κ2) is 6.90. The van der Waals surface area contributed by atoms with E-state index in [0.29, 0.717) is 42.9 Å². The minimum absolute atomic E-state index is 0.0658. The molecule has 1 saturated carbocycles. The molecule has 144 valence electrons. The molecule has 1 fully saturated rings. The molecule has 2 aromatic rings. The molecule has 1 unspecified atom stereocenters. The van der Waals surface area contributed by atoms with E-state index in [4.69, 9.17) is 4.74 Å². The van der Waals surface area contributed by atoms with Gasteiger partial charge in [-0.05, 0) is 31.0 Å². The highest BCUT2D eigenvalue weighted by Crippen LogP contribution is 2.38. The second-order valence-electron chi connectivity index (χ2n) is 7.01. The number of ether oxygens (including phenoxy) is 1. The maximum absolute atomic E-state index is 14.3. The van der Waals surface area contributed by atoms with Crippen LogP contribution in [0.3, 0.4) is 0 Å². The number of hydrogen-bond acceptors (Lipinski definition) is 3. The van der Waals surface area contributed by atoms with E-state index in [-0.39, 0.29) is 19.6 Å². The first-order chi connectivity index (χ1) is 12.9. The van der Waals surface area contributed by atoms with Gasteiger partial charge in [-0.25, -0.2) is 13.2 Å². The fraction of sp³-hybridized carbons (Fsp3) is 0.474. The summed E-state index contributed by atoms with van der Waals surface area (Å²) in [6, 6.07) is 6.25. The van der Waals surface area contributed by atoms with Crippen LogP contribution in [0.15, 0.2) is 30.3 Å². The lowest BCUT2D eigenvalue weighted by Gasteiger charge is -2.41. The van der Waals surface area contributed by atoms with Gasteiger partial charge in [0.15, 0.2) is 0 Å². The lowest BCUT2D eigenvalue weighted by molar-refractivity contribution is -0.0988. The third kappa shape index (κ3) is 3.52. The number of carbonyl (C=O) groups is 1. The number of rotatable bonds is 4. The maximum atomic E-state index is 14.3. The Morgan fingerprint density at radius 3 is 2.85 bits per heavy atom. The minimum Gasteiger partial charge on any atom is -0.487 e. The van der Waals surface area contributed by atoms with Crippen LogP contribution in [-0.4, -0.2) is 39.1 Å². The Balaban J connectivity index is 1.48. The smallest absolute Gasteiger partial charge is 0.272 e. The summed E-state index contributed by atoms with van der Waals surface area (Å²) in [6.07, 6.45) is 1.34. The third-order valence-electron chi connectivity index (χ3n) is 5.15. The summed E-state index contributed by atoms with van der Waals surface area (Å²) in [6.45, 7) is 0.655. The average Bonchev–Trinajstić information content (AvgIpc) is 3.05. The van der Waals surface area contributed by atoms with E-state index >= 15 is 0 Å². The van der Waals surface area contributed by atoms with E-state index in [0.717, 1.165) is 0 Å². The quantitative estimate of drug-likeness (QED) is 0.815. The van der Waals surface area contributed by atoms with Gasteiger partial charge in [0, 0.05) is 19.0 Å². The highest BCUT2D eigenvalue weighted by atomic mass is 19.3. The summed E-state index contributed by atoms with van der Waals surface area (Å²) in [7, 11) is 0. The van der Waals surface area contributed by atoms with Crippen LogP contribution in [0.5, 0.6) is 5.75 Å². The van der Waals surface area contributed by atoms with Gasteiger partial charge in [-0.3, -0.25) is 9.48 Å². The molecule has 5 nitrogen and oxygen atoms in total. The third-order valence-corrected chi connectivity index (χ3v) is 5.15. The van der Waals surface area contributed by atoms with Crippen molar-refractivity contribution in [2.45, 2.75) is 50.8 Å². The highest BCUT2D eigenvalue weighted by molar-refractivity contribution is 5.93. The topological polar surface area (TPSA) is 47.4 Å². The van der Waals surface area contributed by atoms with Gasteiger partial charge >= 0.3 is 0 Å². The van der Waals surface area contributed by atoms with Crippen LogP contribution in [0, 0.1) is 5.82 Å². The Labute approximate surface area is 154 Å². The van der Waals surface area contributed by atoms with E-state index < -0.39 is 23.7 Å². The van der Waals surface area contributed by atoms with Crippen molar-refractivity contribution in [3.63, 3.8) is 0 Å². The molecule has 0 saturated heterocycles. The molecule has 0 bridgehead atoms. The molecule has 1 aromatic heterocycles. The number of benzene rings is 1. The Morgan fingerprint density at radius 2 is 2.07 bits per heavy atom. The van der Waals surface area contributed by atoms with Crippen LogP contribution >= 0.6 is 0 Å². The lowest BCUT2D eigenvalue weighted by Crippen LogP contribution is -2.55. The Kier molecular flexibility index (Phi) is 4.57. The van der Waals surface area contributed by atoms with Crippen molar-refractivity contribution in [2.75, 3.05) is 6.54 Å². The summed E-state index contributed by atoms with van der Waals surface area (Å²) in [5.74, 6) is -3.32. The van der Waals surface area contributed by atoms with Gasteiger partial charge in [0.25, 0.3) is 11.8 Å². The Bertz CT molecular complexity index is 852. The fourth-order valence-electron chi connectivity index (χ4n) is 3.81. The van der Waals surface area contributed by atoms with E-state index in [1.165, 1.54) is 27.8 Å². The number of amides is 1. The van der Waals surface area contributed by atoms with Gasteiger partial charge in [-0.2, -0.15) is 5.10 Å². The van der Waals surface area contributed by atoms with Crippen molar-refractivity contribution in [3.05, 3.63) is 47.5 Å². The molecule has 0 N–H and O–H groups in total. The summed E-state index contributed by atoms with van der Waals surface area (Å²) in [4.78, 5) is 14.1. The predicted molar refractivity (Wildman–Crippen MR) is 91.2 cm³/mol. The van der Waals surface area contributed by atoms with Crippen LogP contribution in [-0.2, 0) is 13.2 Å². The lowest BCUT2D eigenvalue weighted by atomic mass is 9.90. The maximum Gasteiger partial charge on any atom is 0.272 e. The van der Waals surface area contributed by atoms with Gasteiger partial charge in [0.1, 0.15) is 29.6 Å². The Hall–Kier alpha value is -2.51. The van der Waals surface area contributed by atoms with Crippen molar-refractivity contribution >= 4 is 5.91 Å². The summed E-state index contributed by atoms with van der Waals surface area (Å²) in [5.41, 5.74) is 0.792. The number of hydrogen-bond donors (Lipinski definition) is 0. The SMILES string of the molecule is O=C1c2cc(COc3cccc(F)c3)nn2CCN1C1CCCCC1(F)F. The first kappa shape index (κ1) is 17.9. The van der Waals surface area contributed by atoms with Crippen molar-refractivity contribution in [1.82, 2.24) is 14.7 Å². The minimum atomic E-state index is -2.85. The summed E-state index contributed by atoms with van der Waals surface area (Å²) in [5, 5.41) is 4.32. The van der Waals surface area contributed by atoms with Gasteiger partial charge in [-0.1, -0.05) is 12.5 Å². The largest absolute Gasteiger partial charge is 0.487 e. The zero-order valence-electron chi connectivity index (χ0n) is 14.7. The standard InChI is InChI=1S/C19H20F3N3O2/c20-13-4-3-5-15(10-13)27-12-14-11-16-18(26)24(8-9-25(16)23-14)17-6-1-2-7-19(17,21)22/h3-5,10-11,17H,1-2,6-9,12H2. The van der Waals surface area contributed by atoms with E-state index in [1.54, 1.807) is 12.1 Å². The highest BCUT2D eigenvalue weighted by Gasteiger charge is 2.47. The normalized spacial score (nSPS) is 21.8. The molecule has 27 heavy (non-hydrogen) atoms. The number of carbonyl (C=O) groups excluding carboxylic acids is 1. The molecular weight excluding hydrogens is 359 g/mol. The number of alkyl halides is 2. The fourth-order valence-corrected chi connectivity index (χ4v) is 3.81. The molecule has 0 spiro atoms. The number of fused-ring (bicyclic) bond motifs is 1. The average molecular weight is 379 g/mol. The molecule has 4 rings (SSSR count). The van der Waals surface area contributed by atoms with Crippen LogP contribution < -0.4 is 4.74 Å². The molecule has 1 atom stereocenters. The molecule has 1 aliphatic heterocycles. The predicted octanol–water partition coefficient (Wildman–Crippen LogP) is 3.63. The molecule has 2 heterocycles. The number of aromatic nitrogens is 2. The molecular formula is C19H20F3N3O2. The first-order valence-corrected chi connectivity index (χ1v) is 9.08. The monoisotopic (exact) mass is 379 g/mol. The van der Waals surface area contributed by atoms with Gasteiger partial charge < -0.3 is 9.64 Å². The molecule has 1 amide bonds. The van der Waals surface area contributed by atoms with E-state index in [2.05, 4.69) is 5.10 Å². The van der Waals surface area contributed by atoms with Crippen molar-refractivity contribution in [1.29, 1.82) is 0 Å². The molecule has 0 radical (unpaired) electrons. The van der Waals surface area contributed by atoms with Crippen molar-refractivity contribution in [2.24, 2.45) is 0 Å².